The third kappa shape index (κ3) is 6.48. The molecule has 0 saturated heterocycles. The Morgan fingerprint density at radius 3 is 2.62 bits per heavy atom. The average Bonchev–Trinajstić information content (AvgIpc) is 2.03. The summed E-state index contributed by atoms with van der Waals surface area (Å²) in [5, 5.41) is 0. The SMILES string of the molecule is CC(=O)/C=C/c1[c-]cccc1.[CH3-].[W+2]. The summed E-state index contributed by atoms with van der Waals surface area (Å²) in [6.07, 6.45) is 3.29. The van der Waals surface area contributed by atoms with Crippen LogP contribution in [0.15, 0.2) is 30.3 Å². The fourth-order valence-corrected chi connectivity index (χ4v) is 0.718. The maximum atomic E-state index is 10.5. The molecule has 0 unspecified atom stereocenters. The van der Waals surface area contributed by atoms with Crippen LogP contribution in [0.1, 0.15) is 12.5 Å². The first-order valence-corrected chi connectivity index (χ1v) is 3.44. The molecule has 13 heavy (non-hydrogen) atoms. The van der Waals surface area contributed by atoms with Gasteiger partial charge in [0.25, 0.3) is 0 Å². The fraction of sp³-hybridized carbons (Fsp3) is 0.0909. The maximum Gasteiger partial charge on any atom is 2.00 e. The van der Waals surface area contributed by atoms with E-state index in [0.717, 1.165) is 5.56 Å². The number of carbonyl (C=O) groups excluding carboxylic acids is 1. The molecule has 0 aliphatic heterocycles. The third-order valence-corrected chi connectivity index (χ3v) is 1.23. The van der Waals surface area contributed by atoms with Crippen molar-refractivity contribution in [3.63, 3.8) is 0 Å². The van der Waals surface area contributed by atoms with Crippen LogP contribution in [0.25, 0.3) is 6.08 Å². The minimum Gasteiger partial charge on any atom is -0.358 e. The van der Waals surface area contributed by atoms with Gasteiger partial charge in [0.1, 0.15) is 5.78 Å². The number of hydrogen-bond acceptors (Lipinski definition) is 1. The molecule has 0 radical (unpaired) electrons. The van der Waals surface area contributed by atoms with Crippen LogP contribution in [0.4, 0.5) is 0 Å². The van der Waals surface area contributed by atoms with Gasteiger partial charge in [-0.2, -0.15) is 5.56 Å². The second kappa shape index (κ2) is 7.94. The molecule has 0 atom stereocenters. The fourth-order valence-electron chi connectivity index (χ4n) is 0.718. The molecule has 0 aliphatic rings. The molecule has 1 aromatic rings. The Kier molecular flexibility index (Phi) is 9.05. The molecule has 0 amide bonds. The molecule has 68 valence electrons. The maximum absolute atomic E-state index is 10.5. The summed E-state index contributed by atoms with van der Waals surface area (Å²) in [7, 11) is 0. The van der Waals surface area contributed by atoms with Crippen molar-refractivity contribution in [2.24, 2.45) is 0 Å². The molecule has 1 nitrogen and oxygen atoms in total. The van der Waals surface area contributed by atoms with Gasteiger partial charge in [-0.15, -0.1) is 36.4 Å². The molecule has 0 fully saturated rings. The van der Waals surface area contributed by atoms with E-state index in [1.165, 1.54) is 13.0 Å². The Morgan fingerprint density at radius 2 is 2.15 bits per heavy atom. The van der Waals surface area contributed by atoms with E-state index in [4.69, 9.17) is 0 Å². The van der Waals surface area contributed by atoms with Crippen molar-refractivity contribution in [3.05, 3.63) is 49.4 Å². The van der Waals surface area contributed by atoms with Crippen LogP contribution in [0.5, 0.6) is 0 Å². The van der Waals surface area contributed by atoms with Crippen molar-refractivity contribution in [1.29, 1.82) is 0 Å². The molecule has 0 aromatic heterocycles. The Morgan fingerprint density at radius 1 is 1.46 bits per heavy atom. The van der Waals surface area contributed by atoms with E-state index >= 15 is 0 Å². The van der Waals surface area contributed by atoms with Gasteiger partial charge >= 0.3 is 21.1 Å². The van der Waals surface area contributed by atoms with Gasteiger partial charge in [0, 0.05) is 0 Å². The van der Waals surface area contributed by atoms with E-state index < -0.39 is 0 Å². The van der Waals surface area contributed by atoms with Crippen molar-refractivity contribution >= 4 is 11.9 Å². The van der Waals surface area contributed by atoms with Crippen LogP contribution < -0.4 is 0 Å². The molecule has 0 aliphatic carbocycles. The van der Waals surface area contributed by atoms with Crippen molar-refractivity contribution in [3.8, 4) is 0 Å². The van der Waals surface area contributed by atoms with E-state index in [1.807, 2.05) is 24.3 Å². The van der Waals surface area contributed by atoms with Crippen LogP contribution in [0.2, 0.25) is 0 Å². The van der Waals surface area contributed by atoms with Crippen molar-refractivity contribution in [2.75, 3.05) is 0 Å². The molecule has 0 N–H and O–H groups in total. The first kappa shape index (κ1) is 14.8. The third-order valence-electron chi connectivity index (χ3n) is 1.23. The van der Waals surface area contributed by atoms with Gasteiger partial charge in [0.15, 0.2) is 0 Å². The number of allylic oxidation sites excluding steroid dienone is 1. The first-order valence-electron chi connectivity index (χ1n) is 3.44. The summed E-state index contributed by atoms with van der Waals surface area (Å²) in [4.78, 5) is 10.5. The second-order valence-corrected chi connectivity index (χ2v) is 2.26. The Balaban J connectivity index is 0. The Bertz CT molecular complexity index is 265. The van der Waals surface area contributed by atoms with Gasteiger partial charge in [-0.1, -0.05) is 6.08 Å². The summed E-state index contributed by atoms with van der Waals surface area (Å²) in [5.41, 5.74) is 0.933. The number of hydrogen-bond donors (Lipinski definition) is 0. The van der Waals surface area contributed by atoms with Crippen LogP contribution in [-0.2, 0) is 25.9 Å². The average molecular weight is 344 g/mol. The minimum atomic E-state index is 0. The standard InChI is InChI=1S/C10H9O.CH3.W/c1-9(11)7-8-10-5-3-2-4-6-10;;/h2-5,7-8H,1H3;1H3;/q2*-1;+2/b8-7+;;. The van der Waals surface area contributed by atoms with Gasteiger partial charge in [-0.3, -0.25) is 4.79 Å². The van der Waals surface area contributed by atoms with E-state index in [1.54, 1.807) is 6.08 Å². The summed E-state index contributed by atoms with van der Waals surface area (Å²) in [6, 6.07) is 10.5. The van der Waals surface area contributed by atoms with E-state index in [-0.39, 0.29) is 34.3 Å². The monoisotopic (exact) mass is 344 g/mol. The van der Waals surface area contributed by atoms with Gasteiger partial charge in [-0.25, -0.2) is 0 Å². The zero-order chi connectivity index (χ0) is 8.10. The first-order chi connectivity index (χ1) is 5.29. The molecular weight excluding hydrogens is 332 g/mol. The van der Waals surface area contributed by atoms with Crippen molar-refractivity contribution in [1.82, 2.24) is 0 Å². The molecular formula is C11H12OW. The predicted octanol–water partition coefficient (Wildman–Crippen LogP) is 2.54. The minimum absolute atomic E-state index is 0. The predicted molar refractivity (Wildman–Crippen MR) is 51.4 cm³/mol. The largest absolute Gasteiger partial charge is 2.00 e. The molecule has 2 heteroatoms. The van der Waals surface area contributed by atoms with E-state index in [9.17, 15) is 4.79 Å². The topological polar surface area (TPSA) is 17.1 Å². The smallest absolute Gasteiger partial charge is 0.358 e. The van der Waals surface area contributed by atoms with Gasteiger partial charge in [0.05, 0.1) is 0 Å². The number of carbonyl (C=O) groups is 1. The van der Waals surface area contributed by atoms with E-state index in [0.29, 0.717) is 0 Å². The number of benzene rings is 1. The summed E-state index contributed by atoms with van der Waals surface area (Å²) in [6.45, 7) is 1.53. The summed E-state index contributed by atoms with van der Waals surface area (Å²) in [5.74, 6) is 0.0576. The van der Waals surface area contributed by atoms with Gasteiger partial charge < -0.3 is 7.43 Å². The zero-order valence-corrected chi connectivity index (χ0v) is 10.7. The molecule has 0 heterocycles. The second-order valence-electron chi connectivity index (χ2n) is 2.26. The van der Waals surface area contributed by atoms with Crippen LogP contribution >= 0.6 is 0 Å². The van der Waals surface area contributed by atoms with Crippen LogP contribution in [0.3, 0.4) is 0 Å². The molecule has 1 rings (SSSR count). The summed E-state index contributed by atoms with van der Waals surface area (Å²) >= 11 is 0. The van der Waals surface area contributed by atoms with E-state index in [2.05, 4.69) is 6.07 Å². The molecule has 1 aromatic carbocycles. The molecule has 0 spiro atoms. The molecule has 0 saturated carbocycles. The Labute approximate surface area is 94.1 Å². The van der Waals surface area contributed by atoms with Gasteiger partial charge in [0.2, 0.25) is 0 Å². The molecule has 0 bridgehead atoms. The van der Waals surface area contributed by atoms with Crippen LogP contribution in [0, 0.1) is 13.5 Å². The normalized spacial score (nSPS) is 8.69. The van der Waals surface area contributed by atoms with Crippen molar-refractivity contribution < 1.29 is 25.9 Å². The quantitative estimate of drug-likeness (QED) is 0.595. The zero-order valence-electron chi connectivity index (χ0n) is 7.78. The summed E-state index contributed by atoms with van der Waals surface area (Å²) < 4.78 is 0. The number of ketones is 1. The van der Waals surface area contributed by atoms with Gasteiger partial charge in [-0.05, 0) is 6.92 Å². The number of rotatable bonds is 2. The van der Waals surface area contributed by atoms with Crippen molar-refractivity contribution in [2.45, 2.75) is 6.92 Å². The van der Waals surface area contributed by atoms with Crippen LogP contribution in [-0.4, -0.2) is 5.78 Å². The Hall–Kier alpha value is -0.682.